The van der Waals surface area contributed by atoms with Gasteiger partial charge in [0.1, 0.15) is 0 Å². The quantitative estimate of drug-likeness (QED) is 0.417. The van der Waals surface area contributed by atoms with Gasteiger partial charge < -0.3 is 4.74 Å². The molecule has 0 aliphatic carbocycles. The van der Waals surface area contributed by atoms with E-state index in [1.165, 1.54) is 7.11 Å². The maximum atomic E-state index is 10.8. The van der Waals surface area contributed by atoms with E-state index in [1.54, 1.807) is 0 Å². The summed E-state index contributed by atoms with van der Waals surface area (Å²) in [6.45, 7) is -0.463. The highest BCUT2D eigenvalue weighted by Gasteiger charge is 2.25. The van der Waals surface area contributed by atoms with E-state index in [0.717, 1.165) is 12.2 Å². The van der Waals surface area contributed by atoms with E-state index in [4.69, 9.17) is 0 Å². The second-order valence-corrected chi connectivity index (χ2v) is 2.15. The minimum atomic E-state index is -0.660. The molecule has 0 unspecified atom stereocenters. The van der Waals surface area contributed by atoms with Gasteiger partial charge in [0.2, 0.25) is 0 Å². The Morgan fingerprint density at radius 2 is 1.92 bits per heavy atom. The van der Waals surface area contributed by atoms with Gasteiger partial charge in [-0.15, -0.1) is 5.06 Å². The summed E-state index contributed by atoms with van der Waals surface area (Å²) in [7, 11) is 1.18. The van der Waals surface area contributed by atoms with E-state index in [9.17, 15) is 14.4 Å². The molecule has 0 saturated carbocycles. The Hall–Kier alpha value is -1.69. The zero-order valence-corrected chi connectivity index (χ0v) is 6.85. The van der Waals surface area contributed by atoms with Gasteiger partial charge in [0.15, 0.2) is 6.61 Å². The molecule has 70 valence electrons. The van der Waals surface area contributed by atoms with Crippen molar-refractivity contribution in [2.75, 3.05) is 13.7 Å². The van der Waals surface area contributed by atoms with Gasteiger partial charge in [0.25, 0.3) is 11.8 Å². The van der Waals surface area contributed by atoms with E-state index in [-0.39, 0.29) is 0 Å². The van der Waals surface area contributed by atoms with Crippen LogP contribution in [0, 0.1) is 0 Å². The summed E-state index contributed by atoms with van der Waals surface area (Å²) in [5.74, 6) is -1.87. The van der Waals surface area contributed by atoms with Crippen LogP contribution < -0.4 is 0 Å². The average Bonchev–Trinajstić information content (AvgIpc) is 2.43. The summed E-state index contributed by atoms with van der Waals surface area (Å²) < 4.78 is 4.25. The SMILES string of the molecule is COC(=O)CON1C(=O)C=CC1=O. The number of hydrogen-bond donors (Lipinski definition) is 0. The number of amides is 2. The van der Waals surface area contributed by atoms with Crippen LogP contribution in [0.15, 0.2) is 12.2 Å². The molecule has 0 aromatic rings. The van der Waals surface area contributed by atoms with Crippen molar-refractivity contribution in [2.45, 2.75) is 0 Å². The Balaban J connectivity index is 2.42. The van der Waals surface area contributed by atoms with Crippen molar-refractivity contribution in [2.24, 2.45) is 0 Å². The summed E-state index contributed by atoms with van der Waals surface area (Å²) in [5, 5.41) is 0.497. The summed E-state index contributed by atoms with van der Waals surface area (Å²) in [4.78, 5) is 36.8. The fourth-order valence-corrected chi connectivity index (χ4v) is 0.690. The molecule has 1 rings (SSSR count). The zero-order valence-electron chi connectivity index (χ0n) is 6.85. The standard InChI is InChI=1S/C7H7NO5/c1-12-7(11)4-13-8-5(9)2-3-6(8)10/h2-3H,4H2,1H3. The Labute approximate surface area is 73.7 Å². The number of esters is 1. The molecule has 13 heavy (non-hydrogen) atoms. The van der Waals surface area contributed by atoms with Crippen molar-refractivity contribution < 1.29 is 24.0 Å². The minimum Gasteiger partial charge on any atom is -0.467 e. The normalized spacial score (nSPS) is 15.3. The number of imide groups is 1. The third-order valence-electron chi connectivity index (χ3n) is 1.31. The van der Waals surface area contributed by atoms with Crippen molar-refractivity contribution >= 4 is 17.8 Å². The maximum absolute atomic E-state index is 10.8. The van der Waals surface area contributed by atoms with Gasteiger partial charge in [-0.3, -0.25) is 14.4 Å². The molecule has 6 heteroatoms. The lowest BCUT2D eigenvalue weighted by atomic mass is 10.6. The molecule has 0 radical (unpaired) electrons. The minimum absolute atomic E-state index is 0.463. The van der Waals surface area contributed by atoms with E-state index in [1.807, 2.05) is 0 Å². The molecular formula is C7H7NO5. The molecule has 0 saturated heterocycles. The molecule has 1 aliphatic rings. The number of carbonyl (C=O) groups is 3. The molecule has 0 fully saturated rings. The number of rotatable bonds is 3. The van der Waals surface area contributed by atoms with Gasteiger partial charge in [-0.25, -0.2) is 4.79 Å². The molecule has 1 aliphatic heterocycles. The lowest BCUT2D eigenvalue weighted by Crippen LogP contribution is -2.32. The van der Waals surface area contributed by atoms with Gasteiger partial charge in [-0.05, 0) is 0 Å². The molecule has 0 aromatic heterocycles. The van der Waals surface area contributed by atoms with E-state index >= 15 is 0 Å². The molecule has 0 atom stereocenters. The van der Waals surface area contributed by atoms with Crippen LogP contribution in [0.1, 0.15) is 0 Å². The van der Waals surface area contributed by atoms with Crippen LogP contribution in [0.4, 0.5) is 0 Å². The lowest BCUT2D eigenvalue weighted by Gasteiger charge is -2.11. The first-order chi connectivity index (χ1) is 6.15. The molecule has 0 spiro atoms. The van der Waals surface area contributed by atoms with Crippen LogP contribution in [-0.4, -0.2) is 36.6 Å². The third-order valence-corrected chi connectivity index (χ3v) is 1.31. The fourth-order valence-electron chi connectivity index (χ4n) is 0.690. The molecule has 6 nitrogen and oxygen atoms in total. The number of nitrogens with zero attached hydrogens (tertiary/aromatic N) is 1. The van der Waals surface area contributed by atoms with E-state index in [0.29, 0.717) is 5.06 Å². The second-order valence-electron chi connectivity index (χ2n) is 2.15. The molecule has 0 aromatic carbocycles. The summed E-state index contributed by atoms with van der Waals surface area (Å²) >= 11 is 0. The number of ether oxygens (including phenoxy) is 1. The third kappa shape index (κ3) is 2.12. The predicted octanol–water partition coefficient (Wildman–Crippen LogP) is -0.984. The largest absolute Gasteiger partial charge is 0.467 e. The molecular weight excluding hydrogens is 178 g/mol. The first-order valence-corrected chi connectivity index (χ1v) is 3.41. The highest BCUT2D eigenvalue weighted by Crippen LogP contribution is 2.03. The lowest BCUT2D eigenvalue weighted by molar-refractivity contribution is -0.191. The van der Waals surface area contributed by atoms with Crippen LogP contribution in [0.5, 0.6) is 0 Å². The highest BCUT2D eigenvalue weighted by atomic mass is 16.7. The number of hydrogen-bond acceptors (Lipinski definition) is 5. The molecule has 0 bridgehead atoms. The smallest absolute Gasteiger partial charge is 0.334 e. The number of methoxy groups -OCH3 is 1. The van der Waals surface area contributed by atoms with Gasteiger partial charge in [-0.1, -0.05) is 0 Å². The molecule has 1 heterocycles. The maximum Gasteiger partial charge on any atom is 0.334 e. The molecule has 2 amide bonds. The van der Waals surface area contributed by atoms with Gasteiger partial charge in [0, 0.05) is 12.2 Å². The van der Waals surface area contributed by atoms with Crippen LogP contribution in [0.2, 0.25) is 0 Å². The zero-order chi connectivity index (χ0) is 9.84. The molecule has 0 N–H and O–H groups in total. The van der Waals surface area contributed by atoms with Crippen LogP contribution >= 0.6 is 0 Å². The van der Waals surface area contributed by atoms with Gasteiger partial charge in [0.05, 0.1) is 7.11 Å². The Kier molecular flexibility index (Phi) is 2.76. The number of carbonyl (C=O) groups excluding carboxylic acids is 3. The van der Waals surface area contributed by atoms with Gasteiger partial charge in [-0.2, -0.15) is 0 Å². The van der Waals surface area contributed by atoms with Crippen molar-refractivity contribution in [3.05, 3.63) is 12.2 Å². The predicted molar refractivity (Wildman–Crippen MR) is 39.0 cm³/mol. The Morgan fingerprint density at radius 3 is 2.38 bits per heavy atom. The second kappa shape index (κ2) is 3.81. The number of hydroxylamine groups is 2. The first-order valence-electron chi connectivity index (χ1n) is 3.41. The first kappa shape index (κ1) is 9.40. The fraction of sp³-hybridized carbons (Fsp3) is 0.286. The summed E-state index contributed by atoms with van der Waals surface area (Å²) in [6, 6.07) is 0. The van der Waals surface area contributed by atoms with Crippen LogP contribution in [-0.2, 0) is 24.0 Å². The van der Waals surface area contributed by atoms with Gasteiger partial charge >= 0.3 is 5.97 Å². The van der Waals surface area contributed by atoms with Crippen molar-refractivity contribution in [1.82, 2.24) is 5.06 Å². The summed E-state index contributed by atoms with van der Waals surface area (Å²) in [5.41, 5.74) is 0. The van der Waals surface area contributed by atoms with Crippen molar-refractivity contribution in [3.63, 3.8) is 0 Å². The average molecular weight is 185 g/mol. The highest BCUT2D eigenvalue weighted by molar-refractivity contribution is 6.11. The van der Waals surface area contributed by atoms with Crippen molar-refractivity contribution in [3.8, 4) is 0 Å². The van der Waals surface area contributed by atoms with Crippen molar-refractivity contribution in [1.29, 1.82) is 0 Å². The summed E-state index contributed by atoms with van der Waals surface area (Å²) in [6.07, 6.45) is 2.11. The monoisotopic (exact) mass is 185 g/mol. The van der Waals surface area contributed by atoms with E-state index in [2.05, 4.69) is 9.57 Å². The Bertz CT molecular complexity index is 265. The van der Waals surface area contributed by atoms with Crippen LogP contribution in [0.25, 0.3) is 0 Å². The topological polar surface area (TPSA) is 72.9 Å². The Morgan fingerprint density at radius 1 is 1.38 bits per heavy atom. The van der Waals surface area contributed by atoms with E-state index < -0.39 is 24.4 Å². The van der Waals surface area contributed by atoms with Crippen LogP contribution in [0.3, 0.4) is 0 Å².